The first-order chi connectivity index (χ1) is 17.8. The highest BCUT2D eigenvalue weighted by Gasteiger charge is 2.26. The number of rotatable bonds is 12. The predicted octanol–water partition coefficient (Wildman–Crippen LogP) is 6.57. The first-order valence-corrected chi connectivity index (χ1v) is 13.5. The lowest BCUT2D eigenvalue weighted by molar-refractivity contribution is -0.0533. The van der Waals surface area contributed by atoms with Gasteiger partial charge in [0, 0.05) is 18.3 Å². The SMILES string of the molecule is CCC(CC)N(CCO[C@@H]1CCC[C@H](OCc2cccc(C)c2C(=O)O)C1)C(=O)Nc1ccccc1C. The molecule has 2 amide bonds. The van der Waals surface area contributed by atoms with Crippen molar-refractivity contribution in [1.82, 2.24) is 4.90 Å². The van der Waals surface area contributed by atoms with E-state index in [9.17, 15) is 14.7 Å². The Labute approximate surface area is 221 Å². The molecule has 1 aliphatic carbocycles. The zero-order chi connectivity index (χ0) is 26.8. The summed E-state index contributed by atoms with van der Waals surface area (Å²) in [5.74, 6) is -0.921. The summed E-state index contributed by atoms with van der Waals surface area (Å²) in [4.78, 5) is 26.7. The van der Waals surface area contributed by atoms with E-state index in [2.05, 4.69) is 19.2 Å². The maximum atomic E-state index is 13.2. The van der Waals surface area contributed by atoms with Crippen molar-refractivity contribution in [3.63, 3.8) is 0 Å². The van der Waals surface area contributed by atoms with Crippen LogP contribution in [0.25, 0.3) is 0 Å². The number of amides is 2. The van der Waals surface area contributed by atoms with E-state index in [0.717, 1.165) is 55.3 Å². The number of carbonyl (C=O) groups excluding carboxylic acids is 1. The van der Waals surface area contributed by atoms with E-state index in [1.165, 1.54) is 0 Å². The molecule has 37 heavy (non-hydrogen) atoms. The van der Waals surface area contributed by atoms with E-state index in [1.807, 2.05) is 61.2 Å². The average molecular weight is 511 g/mol. The molecule has 2 N–H and O–H groups in total. The summed E-state index contributed by atoms with van der Waals surface area (Å²) in [5.41, 5.74) is 3.64. The van der Waals surface area contributed by atoms with E-state index in [-0.39, 0.29) is 30.9 Å². The molecule has 0 saturated heterocycles. The second kappa shape index (κ2) is 14.1. The lowest BCUT2D eigenvalue weighted by Crippen LogP contribution is -2.44. The van der Waals surface area contributed by atoms with Crippen LogP contribution in [0.3, 0.4) is 0 Å². The molecular weight excluding hydrogens is 468 g/mol. The van der Waals surface area contributed by atoms with E-state index < -0.39 is 5.97 Å². The number of nitrogens with zero attached hydrogens (tertiary/aromatic N) is 1. The molecule has 7 heteroatoms. The molecular formula is C30H42N2O5. The number of hydrogen-bond donors (Lipinski definition) is 2. The van der Waals surface area contributed by atoms with Gasteiger partial charge in [-0.3, -0.25) is 0 Å². The zero-order valence-electron chi connectivity index (χ0n) is 22.7. The van der Waals surface area contributed by atoms with Crippen LogP contribution in [0.5, 0.6) is 0 Å². The number of carboxylic acid groups (broad SMARTS) is 1. The number of ether oxygens (including phenoxy) is 2. The minimum absolute atomic E-state index is 0.0281. The van der Waals surface area contributed by atoms with Crippen LogP contribution in [-0.2, 0) is 16.1 Å². The summed E-state index contributed by atoms with van der Waals surface area (Å²) in [6.45, 7) is 9.29. The van der Waals surface area contributed by atoms with Gasteiger partial charge < -0.3 is 24.8 Å². The maximum Gasteiger partial charge on any atom is 0.336 e. The number of benzene rings is 2. The lowest BCUT2D eigenvalue weighted by atomic mass is 9.94. The number of aryl methyl sites for hydroxylation is 2. The van der Waals surface area contributed by atoms with Gasteiger partial charge in [0.1, 0.15) is 0 Å². The van der Waals surface area contributed by atoms with Gasteiger partial charge in [0.25, 0.3) is 0 Å². The van der Waals surface area contributed by atoms with Gasteiger partial charge in [0.15, 0.2) is 0 Å². The fourth-order valence-electron chi connectivity index (χ4n) is 5.16. The Morgan fingerprint density at radius 2 is 1.68 bits per heavy atom. The molecule has 202 valence electrons. The van der Waals surface area contributed by atoms with Crippen LogP contribution in [0.15, 0.2) is 42.5 Å². The third-order valence-corrected chi connectivity index (χ3v) is 7.34. The van der Waals surface area contributed by atoms with Crippen LogP contribution in [0.4, 0.5) is 10.5 Å². The van der Waals surface area contributed by atoms with E-state index in [4.69, 9.17) is 9.47 Å². The molecule has 0 aromatic heterocycles. The number of carbonyl (C=O) groups is 2. The summed E-state index contributed by atoms with van der Waals surface area (Å²) in [5, 5.41) is 12.6. The molecule has 0 spiro atoms. The third kappa shape index (κ3) is 8.04. The molecule has 0 unspecified atom stereocenters. The lowest BCUT2D eigenvalue weighted by Gasteiger charge is -2.33. The van der Waals surface area contributed by atoms with Crippen molar-refractivity contribution in [3.8, 4) is 0 Å². The fraction of sp³-hybridized carbons (Fsp3) is 0.533. The number of urea groups is 1. The summed E-state index contributed by atoms with van der Waals surface area (Å²) in [7, 11) is 0. The van der Waals surface area contributed by atoms with Crippen molar-refractivity contribution >= 4 is 17.7 Å². The Hall–Kier alpha value is -2.90. The third-order valence-electron chi connectivity index (χ3n) is 7.34. The second-order valence-corrected chi connectivity index (χ2v) is 9.92. The van der Waals surface area contributed by atoms with Gasteiger partial charge in [-0.15, -0.1) is 0 Å². The van der Waals surface area contributed by atoms with Gasteiger partial charge in [-0.05, 0) is 75.1 Å². The normalized spacial score (nSPS) is 17.5. The highest BCUT2D eigenvalue weighted by Crippen LogP contribution is 2.26. The topological polar surface area (TPSA) is 88.1 Å². The van der Waals surface area contributed by atoms with Crippen LogP contribution in [-0.4, -0.2) is 53.4 Å². The molecule has 2 atom stereocenters. The standard InChI is InChI=1S/C30H42N2O5/c1-5-24(6-2)32(30(35)31-27-16-8-7-11-21(27)3)17-18-36-25-14-10-15-26(19-25)37-20-23-13-9-12-22(4)28(23)29(33)34/h7-9,11-13,16,24-26H,5-6,10,14-15,17-20H2,1-4H3,(H,31,35)(H,33,34)/t25-,26+/m1/s1. The van der Waals surface area contributed by atoms with Gasteiger partial charge in [0.2, 0.25) is 0 Å². The minimum atomic E-state index is -0.921. The Morgan fingerprint density at radius 3 is 2.35 bits per heavy atom. The molecule has 7 nitrogen and oxygen atoms in total. The first kappa shape index (κ1) is 28.7. The highest BCUT2D eigenvalue weighted by molar-refractivity contribution is 5.91. The van der Waals surface area contributed by atoms with Crippen molar-refractivity contribution in [1.29, 1.82) is 0 Å². The van der Waals surface area contributed by atoms with Gasteiger partial charge in [-0.25, -0.2) is 9.59 Å². The van der Waals surface area contributed by atoms with Gasteiger partial charge >= 0.3 is 12.0 Å². The minimum Gasteiger partial charge on any atom is -0.478 e. The molecule has 0 heterocycles. The van der Waals surface area contributed by atoms with Crippen LogP contribution < -0.4 is 5.32 Å². The summed E-state index contributed by atoms with van der Waals surface area (Å²) in [6, 6.07) is 13.4. The van der Waals surface area contributed by atoms with Gasteiger partial charge in [-0.1, -0.05) is 50.2 Å². The number of aromatic carboxylic acids is 1. The van der Waals surface area contributed by atoms with Crippen LogP contribution in [0, 0.1) is 13.8 Å². The summed E-state index contributed by atoms with van der Waals surface area (Å²) < 4.78 is 12.4. The van der Waals surface area contributed by atoms with E-state index >= 15 is 0 Å². The second-order valence-electron chi connectivity index (χ2n) is 9.92. The molecule has 2 aromatic rings. The molecule has 3 rings (SSSR count). The maximum absolute atomic E-state index is 13.2. The zero-order valence-corrected chi connectivity index (χ0v) is 22.7. The van der Waals surface area contributed by atoms with Gasteiger partial charge in [-0.2, -0.15) is 0 Å². The molecule has 2 aromatic carbocycles. The number of hydrogen-bond acceptors (Lipinski definition) is 4. The molecule has 0 radical (unpaired) electrons. The van der Waals surface area contributed by atoms with Gasteiger partial charge in [0.05, 0.1) is 31.0 Å². The number of para-hydroxylation sites is 1. The predicted molar refractivity (Wildman–Crippen MR) is 146 cm³/mol. The smallest absolute Gasteiger partial charge is 0.336 e. The van der Waals surface area contributed by atoms with Crippen molar-refractivity contribution in [2.24, 2.45) is 0 Å². The molecule has 0 bridgehead atoms. The first-order valence-electron chi connectivity index (χ1n) is 13.5. The van der Waals surface area contributed by atoms with Crippen LogP contribution in [0.1, 0.15) is 79.4 Å². The highest BCUT2D eigenvalue weighted by atomic mass is 16.5. The summed E-state index contributed by atoms with van der Waals surface area (Å²) in [6.07, 6.45) is 5.53. The van der Waals surface area contributed by atoms with E-state index in [0.29, 0.717) is 24.3 Å². The monoisotopic (exact) mass is 510 g/mol. The van der Waals surface area contributed by atoms with Crippen LogP contribution >= 0.6 is 0 Å². The molecule has 0 aliphatic heterocycles. The molecule has 1 aliphatic rings. The average Bonchev–Trinajstić information content (AvgIpc) is 2.88. The number of anilines is 1. The number of nitrogens with one attached hydrogen (secondary N) is 1. The van der Waals surface area contributed by atoms with Crippen molar-refractivity contribution in [3.05, 3.63) is 64.7 Å². The van der Waals surface area contributed by atoms with E-state index in [1.54, 1.807) is 0 Å². The Bertz CT molecular complexity index is 1040. The fourth-order valence-corrected chi connectivity index (χ4v) is 5.16. The Balaban J connectivity index is 1.53. The van der Waals surface area contributed by atoms with Crippen molar-refractivity contribution < 1.29 is 24.2 Å². The van der Waals surface area contributed by atoms with Crippen molar-refractivity contribution in [2.75, 3.05) is 18.5 Å². The van der Waals surface area contributed by atoms with Crippen molar-refractivity contribution in [2.45, 2.75) is 91.1 Å². The summed E-state index contributed by atoms with van der Waals surface area (Å²) >= 11 is 0. The Kier molecular flexibility index (Phi) is 11.0. The van der Waals surface area contributed by atoms with Crippen LogP contribution in [0.2, 0.25) is 0 Å². The Morgan fingerprint density at radius 1 is 1.00 bits per heavy atom. The molecule has 1 fully saturated rings. The largest absolute Gasteiger partial charge is 0.478 e. The quantitative estimate of drug-likeness (QED) is 0.337. The molecule has 1 saturated carbocycles. The number of carboxylic acids is 1.